The number of hydrogen-bond acceptors (Lipinski definition) is 4. The lowest BCUT2D eigenvalue weighted by Gasteiger charge is -2.10. The lowest BCUT2D eigenvalue weighted by Crippen LogP contribution is -2.01. The molecule has 0 atom stereocenters. The summed E-state index contributed by atoms with van der Waals surface area (Å²) >= 11 is 8.95. The van der Waals surface area contributed by atoms with Crippen molar-refractivity contribution in [2.24, 2.45) is 0 Å². The molecular formula is C13H7BrClNO5. The van der Waals surface area contributed by atoms with Crippen molar-refractivity contribution >= 4 is 39.2 Å². The van der Waals surface area contributed by atoms with E-state index in [9.17, 15) is 14.9 Å². The predicted octanol–water partition coefficient (Wildman–Crippen LogP) is 4.50. The Morgan fingerprint density at radius 2 is 2.05 bits per heavy atom. The van der Waals surface area contributed by atoms with Gasteiger partial charge in [-0.05, 0) is 34.1 Å². The van der Waals surface area contributed by atoms with Crippen LogP contribution in [0.2, 0.25) is 5.02 Å². The van der Waals surface area contributed by atoms with Gasteiger partial charge >= 0.3 is 11.7 Å². The molecule has 6 nitrogen and oxygen atoms in total. The highest BCUT2D eigenvalue weighted by Gasteiger charge is 2.21. The molecule has 0 bridgehead atoms. The van der Waals surface area contributed by atoms with E-state index in [-0.39, 0.29) is 27.8 Å². The number of benzene rings is 2. The highest BCUT2D eigenvalue weighted by atomic mass is 79.9. The summed E-state index contributed by atoms with van der Waals surface area (Å²) in [6, 6.07) is 8.23. The maximum Gasteiger partial charge on any atom is 0.339 e. The van der Waals surface area contributed by atoms with Crippen molar-refractivity contribution in [3.8, 4) is 11.5 Å². The molecule has 2 rings (SSSR count). The SMILES string of the molecule is O=C(O)c1ccc(Cl)cc1Oc1c(Br)cccc1[N+](=O)[O-]. The van der Waals surface area contributed by atoms with Gasteiger partial charge in [0, 0.05) is 17.2 Å². The topological polar surface area (TPSA) is 89.7 Å². The molecule has 0 spiro atoms. The number of rotatable bonds is 4. The number of carboxylic acids is 1. The molecule has 8 heteroatoms. The molecule has 2 aromatic carbocycles. The first-order valence-corrected chi connectivity index (χ1v) is 6.71. The van der Waals surface area contributed by atoms with Crippen LogP contribution in [-0.4, -0.2) is 16.0 Å². The number of para-hydroxylation sites is 1. The summed E-state index contributed by atoms with van der Waals surface area (Å²) in [4.78, 5) is 21.6. The molecule has 0 aliphatic heterocycles. The maximum absolute atomic E-state index is 11.2. The van der Waals surface area contributed by atoms with Crippen molar-refractivity contribution in [1.29, 1.82) is 0 Å². The first-order chi connectivity index (χ1) is 9.90. The minimum absolute atomic E-state index is 0.0787. The van der Waals surface area contributed by atoms with Crippen LogP contribution in [0.3, 0.4) is 0 Å². The quantitative estimate of drug-likeness (QED) is 0.630. The van der Waals surface area contributed by atoms with Gasteiger partial charge in [0.25, 0.3) is 0 Å². The Kier molecular flexibility index (Phi) is 4.44. The van der Waals surface area contributed by atoms with E-state index >= 15 is 0 Å². The fraction of sp³-hybridized carbons (Fsp3) is 0. The van der Waals surface area contributed by atoms with Crippen LogP contribution in [-0.2, 0) is 0 Å². The largest absolute Gasteiger partial charge is 0.478 e. The zero-order chi connectivity index (χ0) is 15.6. The third kappa shape index (κ3) is 3.32. The molecule has 0 saturated heterocycles. The van der Waals surface area contributed by atoms with Gasteiger partial charge in [-0.1, -0.05) is 17.7 Å². The molecule has 0 aliphatic carbocycles. The monoisotopic (exact) mass is 371 g/mol. The average Bonchev–Trinajstić information content (AvgIpc) is 2.40. The van der Waals surface area contributed by atoms with Gasteiger partial charge in [0.1, 0.15) is 11.3 Å². The van der Waals surface area contributed by atoms with Gasteiger partial charge in [0.2, 0.25) is 5.75 Å². The first kappa shape index (κ1) is 15.3. The minimum atomic E-state index is -1.23. The van der Waals surface area contributed by atoms with Crippen LogP contribution in [0.5, 0.6) is 11.5 Å². The molecule has 0 aliphatic rings. The Balaban J connectivity index is 2.55. The highest BCUT2D eigenvalue weighted by molar-refractivity contribution is 9.10. The number of nitrogens with zero attached hydrogens (tertiary/aromatic N) is 1. The van der Waals surface area contributed by atoms with Crippen LogP contribution >= 0.6 is 27.5 Å². The van der Waals surface area contributed by atoms with E-state index in [4.69, 9.17) is 21.4 Å². The van der Waals surface area contributed by atoms with Gasteiger partial charge < -0.3 is 9.84 Å². The van der Waals surface area contributed by atoms with Crippen LogP contribution in [0.1, 0.15) is 10.4 Å². The second-order valence-corrected chi connectivity index (χ2v) is 5.18. The van der Waals surface area contributed by atoms with Gasteiger partial charge in [-0.15, -0.1) is 0 Å². The van der Waals surface area contributed by atoms with Crippen LogP contribution < -0.4 is 4.74 Å². The molecule has 108 valence electrons. The number of nitro benzene ring substituents is 1. The van der Waals surface area contributed by atoms with E-state index in [2.05, 4.69) is 15.9 Å². The third-order valence-corrected chi connectivity index (χ3v) is 3.39. The summed E-state index contributed by atoms with van der Waals surface area (Å²) in [7, 11) is 0. The van der Waals surface area contributed by atoms with E-state index in [0.717, 1.165) is 0 Å². The summed E-state index contributed by atoms with van der Waals surface area (Å²) in [6.45, 7) is 0. The number of nitro groups is 1. The number of carboxylic acid groups (broad SMARTS) is 1. The van der Waals surface area contributed by atoms with Gasteiger partial charge in [-0.3, -0.25) is 10.1 Å². The number of hydrogen-bond donors (Lipinski definition) is 1. The molecule has 0 saturated carbocycles. The zero-order valence-corrected chi connectivity index (χ0v) is 12.6. The molecule has 0 fully saturated rings. The summed E-state index contributed by atoms with van der Waals surface area (Å²) in [6.07, 6.45) is 0. The lowest BCUT2D eigenvalue weighted by molar-refractivity contribution is -0.385. The fourth-order valence-corrected chi connectivity index (χ4v) is 2.21. The second kappa shape index (κ2) is 6.11. The van der Waals surface area contributed by atoms with Gasteiger partial charge in [-0.2, -0.15) is 0 Å². The minimum Gasteiger partial charge on any atom is -0.478 e. The highest BCUT2D eigenvalue weighted by Crippen LogP contribution is 2.39. The summed E-state index contributed by atoms with van der Waals surface area (Å²) in [5.41, 5.74) is -0.440. The smallest absolute Gasteiger partial charge is 0.339 e. The number of ether oxygens (including phenoxy) is 1. The first-order valence-electron chi connectivity index (χ1n) is 5.53. The van der Waals surface area contributed by atoms with Gasteiger partial charge in [-0.25, -0.2) is 4.79 Å². The van der Waals surface area contributed by atoms with E-state index in [1.807, 2.05) is 0 Å². The fourth-order valence-electron chi connectivity index (χ4n) is 1.61. The maximum atomic E-state index is 11.2. The van der Waals surface area contributed by atoms with Crippen LogP contribution in [0.25, 0.3) is 0 Å². The standard InChI is InChI=1S/C13H7BrClNO5/c14-9-2-1-3-10(16(19)20)12(9)21-11-6-7(15)4-5-8(11)13(17)18/h1-6H,(H,17,18). The summed E-state index contributed by atoms with van der Waals surface area (Å²) in [5, 5.41) is 20.4. The molecule has 2 aromatic rings. The van der Waals surface area contributed by atoms with Crippen LogP contribution in [0, 0.1) is 10.1 Å². The van der Waals surface area contributed by atoms with E-state index in [1.54, 1.807) is 6.07 Å². The molecule has 0 radical (unpaired) electrons. The van der Waals surface area contributed by atoms with Crippen LogP contribution in [0.15, 0.2) is 40.9 Å². The Labute approximate surface area is 132 Å². The Morgan fingerprint density at radius 1 is 1.33 bits per heavy atom. The van der Waals surface area contributed by atoms with Crippen molar-refractivity contribution in [3.05, 3.63) is 61.6 Å². The average molecular weight is 373 g/mol. The molecule has 0 heterocycles. The summed E-state index contributed by atoms with van der Waals surface area (Å²) < 4.78 is 5.75. The van der Waals surface area contributed by atoms with Crippen LogP contribution in [0.4, 0.5) is 5.69 Å². The number of halogens is 2. The summed E-state index contributed by atoms with van der Waals surface area (Å²) in [5.74, 6) is -1.39. The van der Waals surface area contributed by atoms with Crippen molar-refractivity contribution in [2.75, 3.05) is 0 Å². The molecule has 21 heavy (non-hydrogen) atoms. The van der Waals surface area contributed by atoms with Crippen molar-refractivity contribution in [3.63, 3.8) is 0 Å². The Hall–Kier alpha value is -2.12. The van der Waals surface area contributed by atoms with Crippen molar-refractivity contribution < 1.29 is 19.6 Å². The molecule has 0 amide bonds. The number of aromatic carboxylic acids is 1. The van der Waals surface area contributed by atoms with Crippen molar-refractivity contribution in [2.45, 2.75) is 0 Å². The van der Waals surface area contributed by atoms with E-state index in [0.29, 0.717) is 4.47 Å². The second-order valence-electron chi connectivity index (χ2n) is 3.89. The molecular weight excluding hydrogens is 366 g/mol. The normalized spacial score (nSPS) is 10.2. The number of carbonyl (C=O) groups is 1. The Bertz CT molecular complexity index is 734. The van der Waals surface area contributed by atoms with E-state index < -0.39 is 10.9 Å². The predicted molar refractivity (Wildman–Crippen MR) is 79.3 cm³/mol. The van der Waals surface area contributed by atoms with E-state index in [1.165, 1.54) is 30.3 Å². The molecule has 0 aromatic heterocycles. The van der Waals surface area contributed by atoms with Crippen molar-refractivity contribution in [1.82, 2.24) is 0 Å². The zero-order valence-electron chi connectivity index (χ0n) is 10.2. The Morgan fingerprint density at radius 3 is 2.67 bits per heavy atom. The third-order valence-electron chi connectivity index (χ3n) is 2.53. The molecule has 0 unspecified atom stereocenters. The van der Waals surface area contributed by atoms with Gasteiger partial charge in [0.05, 0.1) is 9.40 Å². The lowest BCUT2D eigenvalue weighted by atomic mass is 10.2. The van der Waals surface area contributed by atoms with Gasteiger partial charge in [0.15, 0.2) is 0 Å². The molecule has 1 N–H and O–H groups in total.